The quantitative estimate of drug-likeness (QED) is 0.684. The lowest BCUT2D eigenvalue weighted by atomic mass is 10.1. The second kappa shape index (κ2) is 7.95. The lowest BCUT2D eigenvalue weighted by Crippen LogP contribution is -2.50. The largest absolute Gasteiger partial charge is 0.459 e. The number of nitrogens with zero attached hydrogens (tertiary/aromatic N) is 4. The number of aryl methyl sites for hydroxylation is 2. The average Bonchev–Trinajstić information content (AvgIpc) is 3.37. The van der Waals surface area contributed by atoms with Crippen LogP contribution in [0.3, 0.4) is 0 Å². The van der Waals surface area contributed by atoms with Crippen LogP contribution in [0.5, 0.6) is 0 Å². The number of hydrogen-bond donors (Lipinski definition) is 0. The normalized spacial score (nSPS) is 14.3. The van der Waals surface area contributed by atoms with E-state index in [-0.39, 0.29) is 11.8 Å². The zero-order valence-corrected chi connectivity index (χ0v) is 16.7. The van der Waals surface area contributed by atoms with Crippen LogP contribution in [-0.2, 0) is 6.54 Å². The van der Waals surface area contributed by atoms with Crippen molar-refractivity contribution in [2.75, 3.05) is 26.2 Å². The zero-order chi connectivity index (χ0) is 20.4. The van der Waals surface area contributed by atoms with Gasteiger partial charge in [0, 0.05) is 37.4 Å². The van der Waals surface area contributed by atoms with Crippen molar-refractivity contribution in [1.82, 2.24) is 19.6 Å². The molecule has 3 heterocycles. The van der Waals surface area contributed by atoms with E-state index >= 15 is 0 Å². The summed E-state index contributed by atoms with van der Waals surface area (Å²) in [7, 11) is 0. The van der Waals surface area contributed by atoms with Crippen LogP contribution in [0.15, 0.2) is 53.1 Å². The third-order valence-electron chi connectivity index (χ3n) is 5.22. The number of amides is 2. The minimum Gasteiger partial charge on any atom is -0.459 e. The van der Waals surface area contributed by atoms with Gasteiger partial charge in [-0.3, -0.25) is 14.3 Å². The molecule has 1 aliphatic rings. The molecule has 29 heavy (non-hydrogen) atoms. The number of benzene rings is 1. The van der Waals surface area contributed by atoms with Gasteiger partial charge in [0.05, 0.1) is 18.5 Å². The van der Waals surface area contributed by atoms with Crippen LogP contribution in [0.4, 0.5) is 0 Å². The Bertz CT molecular complexity index is 997. The summed E-state index contributed by atoms with van der Waals surface area (Å²) in [6.07, 6.45) is 1.49. The van der Waals surface area contributed by atoms with Gasteiger partial charge in [0.25, 0.3) is 11.8 Å². The summed E-state index contributed by atoms with van der Waals surface area (Å²) in [4.78, 5) is 28.7. The number of furan rings is 1. The highest BCUT2D eigenvalue weighted by atomic mass is 16.3. The molecule has 0 spiro atoms. The van der Waals surface area contributed by atoms with Crippen molar-refractivity contribution in [3.8, 4) is 0 Å². The second-order valence-corrected chi connectivity index (χ2v) is 7.34. The SMILES string of the molecule is Cc1cc(C)n(Cc2ccc(C(=O)N3CCN(C(=O)c4ccco4)CC3)cc2)n1. The maximum Gasteiger partial charge on any atom is 0.289 e. The van der Waals surface area contributed by atoms with Crippen molar-refractivity contribution < 1.29 is 14.0 Å². The van der Waals surface area contributed by atoms with Crippen molar-refractivity contribution in [3.63, 3.8) is 0 Å². The number of rotatable bonds is 4. The fourth-order valence-corrected chi connectivity index (χ4v) is 3.61. The lowest BCUT2D eigenvalue weighted by Gasteiger charge is -2.34. The molecule has 0 saturated carbocycles. The van der Waals surface area contributed by atoms with Crippen LogP contribution in [0, 0.1) is 13.8 Å². The maximum atomic E-state index is 12.8. The fourth-order valence-electron chi connectivity index (χ4n) is 3.61. The number of carbonyl (C=O) groups excluding carboxylic acids is 2. The number of piperazine rings is 1. The monoisotopic (exact) mass is 392 g/mol. The van der Waals surface area contributed by atoms with Gasteiger partial charge in [0.2, 0.25) is 0 Å². The highest BCUT2D eigenvalue weighted by Gasteiger charge is 2.26. The Hall–Kier alpha value is -3.35. The molecule has 4 rings (SSSR count). The van der Waals surface area contributed by atoms with E-state index in [1.807, 2.05) is 48.9 Å². The van der Waals surface area contributed by atoms with E-state index in [0.717, 1.165) is 17.0 Å². The van der Waals surface area contributed by atoms with Gasteiger partial charge < -0.3 is 14.2 Å². The summed E-state index contributed by atoms with van der Waals surface area (Å²) in [6.45, 7) is 6.73. The lowest BCUT2D eigenvalue weighted by molar-refractivity contribution is 0.0518. The zero-order valence-electron chi connectivity index (χ0n) is 16.7. The summed E-state index contributed by atoms with van der Waals surface area (Å²) in [6, 6.07) is 13.1. The molecule has 0 bridgehead atoms. The van der Waals surface area contributed by atoms with E-state index in [1.54, 1.807) is 21.9 Å². The Morgan fingerprint density at radius 1 is 0.966 bits per heavy atom. The van der Waals surface area contributed by atoms with Crippen molar-refractivity contribution in [3.05, 3.63) is 77.0 Å². The summed E-state index contributed by atoms with van der Waals surface area (Å²) < 4.78 is 7.14. The summed E-state index contributed by atoms with van der Waals surface area (Å²) in [5.41, 5.74) is 3.87. The molecular weight excluding hydrogens is 368 g/mol. The van der Waals surface area contributed by atoms with E-state index in [1.165, 1.54) is 6.26 Å². The second-order valence-electron chi connectivity index (χ2n) is 7.34. The first-order chi connectivity index (χ1) is 14.0. The molecule has 0 N–H and O–H groups in total. The molecule has 2 amide bonds. The Morgan fingerprint density at radius 3 is 2.17 bits per heavy atom. The molecule has 0 radical (unpaired) electrons. The van der Waals surface area contributed by atoms with E-state index in [9.17, 15) is 9.59 Å². The fraction of sp³-hybridized carbons (Fsp3) is 0.318. The predicted molar refractivity (Wildman–Crippen MR) is 108 cm³/mol. The minimum atomic E-state index is -0.129. The molecule has 7 heteroatoms. The molecule has 150 valence electrons. The van der Waals surface area contributed by atoms with Gasteiger partial charge in [-0.1, -0.05) is 12.1 Å². The van der Waals surface area contributed by atoms with Gasteiger partial charge in [-0.25, -0.2) is 0 Å². The average molecular weight is 392 g/mol. The van der Waals surface area contributed by atoms with Crippen LogP contribution in [0.1, 0.15) is 37.9 Å². The summed E-state index contributed by atoms with van der Waals surface area (Å²) in [5.74, 6) is 0.200. The molecule has 7 nitrogen and oxygen atoms in total. The smallest absolute Gasteiger partial charge is 0.289 e. The van der Waals surface area contributed by atoms with Crippen molar-refractivity contribution in [1.29, 1.82) is 0 Å². The Balaban J connectivity index is 1.35. The molecule has 1 aliphatic heterocycles. The Kier molecular flexibility index (Phi) is 5.20. The van der Waals surface area contributed by atoms with Gasteiger partial charge in [0.1, 0.15) is 0 Å². The van der Waals surface area contributed by atoms with Crippen LogP contribution < -0.4 is 0 Å². The van der Waals surface area contributed by atoms with Gasteiger partial charge in [-0.15, -0.1) is 0 Å². The Morgan fingerprint density at radius 2 is 1.62 bits per heavy atom. The van der Waals surface area contributed by atoms with Crippen LogP contribution in [-0.4, -0.2) is 57.6 Å². The highest BCUT2D eigenvalue weighted by Crippen LogP contribution is 2.14. The van der Waals surface area contributed by atoms with Gasteiger partial charge in [-0.2, -0.15) is 5.10 Å². The van der Waals surface area contributed by atoms with E-state index in [4.69, 9.17) is 4.42 Å². The molecule has 1 saturated heterocycles. The molecule has 1 aromatic carbocycles. The number of carbonyl (C=O) groups is 2. The van der Waals surface area contributed by atoms with Crippen molar-refractivity contribution in [2.24, 2.45) is 0 Å². The molecule has 1 fully saturated rings. The van der Waals surface area contributed by atoms with Crippen LogP contribution >= 0.6 is 0 Å². The molecule has 0 atom stereocenters. The first-order valence-electron chi connectivity index (χ1n) is 9.73. The number of aromatic nitrogens is 2. The van der Waals surface area contributed by atoms with Gasteiger partial charge in [0.15, 0.2) is 5.76 Å². The maximum absolute atomic E-state index is 12.8. The molecule has 0 unspecified atom stereocenters. The molecule has 0 aliphatic carbocycles. The van der Waals surface area contributed by atoms with Gasteiger partial charge >= 0.3 is 0 Å². The standard InChI is InChI=1S/C22H24N4O3/c1-16-14-17(2)26(23-16)15-18-5-7-19(8-6-18)21(27)24-9-11-25(12-10-24)22(28)20-4-3-13-29-20/h3-8,13-14H,9-12,15H2,1-2H3. The Labute approximate surface area is 169 Å². The minimum absolute atomic E-state index is 0.00670. The first-order valence-corrected chi connectivity index (χ1v) is 9.73. The topological polar surface area (TPSA) is 71.6 Å². The van der Waals surface area contributed by atoms with Crippen molar-refractivity contribution in [2.45, 2.75) is 20.4 Å². The third kappa shape index (κ3) is 4.08. The van der Waals surface area contributed by atoms with E-state index < -0.39 is 0 Å². The highest BCUT2D eigenvalue weighted by molar-refractivity contribution is 5.95. The molecular formula is C22H24N4O3. The first kappa shape index (κ1) is 19.0. The predicted octanol–water partition coefficient (Wildman–Crippen LogP) is 2.74. The molecule has 2 aromatic heterocycles. The third-order valence-corrected chi connectivity index (χ3v) is 5.22. The molecule has 3 aromatic rings. The van der Waals surface area contributed by atoms with Gasteiger partial charge in [-0.05, 0) is 49.7 Å². The van der Waals surface area contributed by atoms with E-state index in [2.05, 4.69) is 5.10 Å². The van der Waals surface area contributed by atoms with Crippen molar-refractivity contribution >= 4 is 11.8 Å². The number of hydrogen-bond acceptors (Lipinski definition) is 4. The summed E-state index contributed by atoms with van der Waals surface area (Å²) in [5, 5.41) is 4.48. The summed E-state index contributed by atoms with van der Waals surface area (Å²) >= 11 is 0. The van der Waals surface area contributed by atoms with E-state index in [0.29, 0.717) is 44.0 Å². The van der Waals surface area contributed by atoms with Crippen LogP contribution in [0.2, 0.25) is 0 Å². The van der Waals surface area contributed by atoms with Crippen LogP contribution in [0.25, 0.3) is 0 Å².